The van der Waals surface area contributed by atoms with Crippen LogP contribution in [0.15, 0.2) is 28.8 Å². The molecule has 2 fully saturated rings. The Balaban J connectivity index is 1.58. The SMILES string of the molecule is C[C@H]1CNCCN1C(=O)c1cccc(-c2noc(C3CC3)n2)c1. The maximum absolute atomic E-state index is 12.8. The number of piperazine rings is 1. The van der Waals surface area contributed by atoms with Crippen LogP contribution in [0.2, 0.25) is 0 Å². The Kier molecular flexibility index (Phi) is 3.61. The lowest BCUT2D eigenvalue weighted by atomic mass is 10.1. The van der Waals surface area contributed by atoms with Gasteiger partial charge in [0, 0.05) is 42.7 Å². The summed E-state index contributed by atoms with van der Waals surface area (Å²) in [4.78, 5) is 19.1. The Labute approximate surface area is 134 Å². The van der Waals surface area contributed by atoms with Crippen LogP contribution in [0.1, 0.15) is 41.9 Å². The molecule has 1 saturated carbocycles. The molecule has 1 saturated heterocycles. The van der Waals surface area contributed by atoms with Crippen LogP contribution in [0.4, 0.5) is 0 Å². The molecule has 0 spiro atoms. The summed E-state index contributed by atoms with van der Waals surface area (Å²) in [6.07, 6.45) is 2.25. The third-order valence-electron chi connectivity index (χ3n) is 4.50. The van der Waals surface area contributed by atoms with Gasteiger partial charge < -0.3 is 14.7 Å². The van der Waals surface area contributed by atoms with E-state index in [1.54, 1.807) is 0 Å². The molecule has 0 radical (unpaired) electrons. The normalized spacial score (nSPS) is 21.4. The Morgan fingerprint density at radius 2 is 2.26 bits per heavy atom. The predicted octanol–water partition coefficient (Wildman–Crippen LogP) is 2.05. The molecule has 0 bridgehead atoms. The van der Waals surface area contributed by atoms with Gasteiger partial charge in [0.15, 0.2) is 0 Å². The highest BCUT2D eigenvalue weighted by atomic mass is 16.5. The van der Waals surface area contributed by atoms with Crippen LogP contribution < -0.4 is 5.32 Å². The van der Waals surface area contributed by atoms with Crippen molar-refractivity contribution in [1.29, 1.82) is 0 Å². The molecule has 120 valence electrons. The highest BCUT2D eigenvalue weighted by Gasteiger charge is 2.30. The van der Waals surface area contributed by atoms with Crippen LogP contribution >= 0.6 is 0 Å². The molecule has 1 amide bonds. The zero-order valence-corrected chi connectivity index (χ0v) is 13.2. The molecule has 4 rings (SSSR count). The van der Waals surface area contributed by atoms with Crippen molar-refractivity contribution in [1.82, 2.24) is 20.4 Å². The molecule has 1 atom stereocenters. The van der Waals surface area contributed by atoms with Gasteiger partial charge in [-0.2, -0.15) is 4.98 Å². The minimum absolute atomic E-state index is 0.0618. The van der Waals surface area contributed by atoms with E-state index in [0.29, 0.717) is 23.2 Å². The van der Waals surface area contributed by atoms with Crippen LogP contribution in [0.5, 0.6) is 0 Å². The molecule has 23 heavy (non-hydrogen) atoms. The summed E-state index contributed by atoms with van der Waals surface area (Å²) in [5.74, 6) is 1.77. The quantitative estimate of drug-likeness (QED) is 0.939. The number of carbonyl (C=O) groups excluding carboxylic acids is 1. The van der Waals surface area contributed by atoms with E-state index in [2.05, 4.69) is 22.4 Å². The smallest absolute Gasteiger partial charge is 0.254 e. The maximum Gasteiger partial charge on any atom is 0.254 e. The second kappa shape index (κ2) is 5.77. The monoisotopic (exact) mass is 312 g/mol. The molecule has 1 N–H and O–H groups in total. The average molecular weight is 312 g/mol. The van der Waals surface area contributed by atoms with Gasteiger partial charge >= 0.3 is 0 Å². The minimum atomic E-state index is 0.0618. The van der Waals surface area contributed by atoms with Crippen LogP contribution in [0.3, 0.4) is 0 Å². The first-order valence-electron chi connectivity index (χ1n) is 8.18. The molecular weight excluding hydrogens is 292 g/mol. The van der Waals surface area contributed by atoms with Crippen molar-refractivity contribution in [3.8, 4) is 11.4 Å². The van der Waals surface area contributed by atoms with Crippen LogP contribution in [-0.2, 0) is 0 Å². The number of rotatable bonds is 3. The third-order valence-corrected chi connectivity index (χ3v) is 4.50. The van der Waals surface area contributed by atoms with Gasteiger partial charge in [-0.1, -0.05) is 17.3 Å². The highest BCUT2D eigenvalue weighted by molar-refractivity contribution is 5.95. The van der Waals surface area contributed by atoms with Gasteiger partial charge in [0.25, 0.3) is 5.91 Å². The van der Waals surface area contributed by atoms with Gasteiger partial charge in [0.2, 0.25) is 11.7 Å². The molecular formula is C17H20N4O2. The van der Waals surface area contributed by atoms with Gasteiger partial charge in [-0.3, -0.25) is 4.79 Å². The number of aromatic nitrogens is 2. The fourth-order valence-corrected chi connectivity index (χ4v) is 2.95. The number of hydrogen-bond donors (Lipinski definition) is 1. The lowest BCUT2D eigenvalue weighted by molar-refractivity contribution is 0.0656. The van der Waals surface area contributed by atoms with Crippen molar-refractivity contribution in [2.24, 2.45) is 0 Å². The van der Waals surface area contributed by atoms with Crippen LogP contribution in [0, 0.1) is 0 Å². The van der Waals surface area contributed by atoms with Crippen molar-refractivity contribution in [2.45, 2.75) is 31.7 Å². The number of nitrogens with one attached hydrogen (secondary N) is 1. The maximum atomic E-state index is 12.8. The van der Waals surface area contributed by atoms with Crippen molar-refractivity contribution in [3.63, 3.8) is 0 Å². The topological polar surface area (TPSA) is 71.3 Å². The third kappa shape index (κ3) is 2.86. The molecule has 1 aromatic heterocycles. The Bertz CT molecular complexity index is 723. The second-order valence-corrected chi connectivity index (χ2v) is 6.36. The summed E-state index contributed by atoms with van der Waals surface area (Å²) in [6, 6.07) is 7.70. The summed E-state index contributed by atoms with van der Waals surface area (Å²) in [7, 11) is 0. The number of nitrogens with zero attached hydrogens (tertiary/aromatic N) is 3. The summed E-state index contributed by atoms with van der Waals surface area (Å²) < 4.78 is 5.31. The first-order chi connectivity index (χ1) is 11.2. The van der Waals surface area contributed by atoms with Crippen molar-refractivity contribution < 1.29 is 9.32 Å². The summed E-state index contributed by atoms with van der Waals surface area (Å²) >= 11 is 0. The van der Waals surface area contributed by atoms with Crippen molar-refractivity contribution >= 4 is 5.91 Å². The predicted molar refractivity (Wildman–Crippen MR) is 85.1 cm³/mol. The van der Waals surface area contributed by atoms with Gasteiger partial charge in [-0.05, 0) is 31.9 Å². The number of amides is 1. The first-order valence-corrected chi connectivity index (χ1v) is 8.18. The highest BCUT2D eigenvalue weighted by Crippen LogP contribution is 2.39. The molecule has 2 aromatic rings. The first kappa shape index (κ1) is 14.4. The van der Waals surface area contributed by atoms with Crippen LogP contribution in [0.25, 0.3) is 11.4 Å². The lowest BCUT2D eigenvalue weighted by Crippen LogP contribution is -2.52. The molecule has 2 aliphatic rings. The van der Waals surface area contributed by atoms with Gasteiger partial charge in [0.05, 0.1) is 0 Å². The van der Waals surface area contributed by atoms with E-state index < -0.39 is 0 Å². The fraction of sp³-hybridized carbons (Fsp3) is 0.471. The lowest BCUT2D eigenvalue weighted by Gasteiger charge is -2.34. The van der Waals surface area contributed by atoms with E-state index in [4.69, 9.17) is 4.52 Å². The molecule has 1 aliphatic heterocycles. The Hall–Kier alpha value is -2.21. The van der Waals surface area contributed by atoms with E-state index in [1.165, 1.54) is 0 Å². The van der Waals surface area contributed by atoms with E-state index in [-0.39, 0.29) is 11.9 Å². The minimum Gasteiger partial charge on any atom is -0.339 e. The zero-order valence-electron chi connectivity index (χ0n) is 13.2. The van der Waals surface area contributed by atoms with Crippen molar-refractivity contribution in [3.05, 3.63) is 35.7 Å². The Morgan fingerprint density at radius 1 is 1.39 bits per heavy atom. The van der Waals surface area contributed by atoms with Gasteiger partial charge in [-0.25, -0.2) is 0 Å². The number of benzene rings is 1. The average Bonchev–Trinajstić information content (AvgIpc) is 3.32. The van der Waals surface area contributed by atoms with E-state index >= 15 is 0 Å². The zero-order chi connectivity index (χ0) is 15.8. The fourth-order valence-electron chi connectivity index (χ4n) is 2.95. The van der Waals surface area contributed by atoms with Gasteiger partial charge in [0.1, 0.15) is 0 Å². The summed E-state index contributed by atoms with van der Waals surface area (Å²) in [6.45, 7) is 4.47. The molecule has 6 heteroatoms. The second-order valence-electron chi connectivity index (χ2n) is 6.36. The summed E-state index contributed by atoms with van der Waals surface area (Å²) in [5, 5.41) is 7.36. The molecule has 1 aromatic carbocycles. The Morgan fingerprint density at radius 3 is 3.04 bits per heavy atom. The van der Waals surface area contributed by atoms with Gasteiger partial charge in [-0.15, -0.1) is 0 Å². The molecule has 0 unspecified atom stereocenters. The molecule has 2 heterocycles. The molecule has 6 nitrogen and oxygen atoms in total. The molecule has 1 aliphatic carbocycles. The van der Waals surface area contributed by atoms with Crippen molar-refractivity contribution in [2.75, 3.05) is 19.6 Å². The van der Waals surface area contributed by atoms with E-state index in [9.17, 15) is 4.79 Å². The summed E-state index contributed by atoms with van der Waals surface area (Å²) in [5.41, 5.74) is 1.50. The number of carbonyl (C=O) groups is 1. The standard InChI is InChI=1S/C17H20N4O2/c1-11-10-18-7-8-21(11)17(22)14-4-2-3-13(9-14)15-19-16(23-20-15)12-5-6-12/h2-4,9,11-12,18H,5-8,10H2,1H3/t11-/m0/s1. The number of hydrogen-bond acceptors (Lipinski definition) is 5. The van der Waals surface area contributed by atoms with E-state index in [0.717, 1.165) is 38.0 Å². The van der Waals surface area contributed by atoms with Crippen LogP contribution in [-0.4, -0.2) is 46.6 Å². The van der Waals surface area contributed by atoms with E-state index in [1.807, 2.05) is 29.2 Å². The largest absolute Gasteiger partial charge is 0.339 e.